The molecule has 5 heteroatoms. The van der Waals surface area contributed by atoms with E-state index >= 15 is 0 Å². The van der Waals surface area contributed by atoms with Crippen LogP contribution in [0.25, 0.3) is 0 Å². The predicted molar refractivity (Wildman–Crippen MR) is 93.6 cm³/mol. The van der Waals surface area contributed by atoms with Gasteiger partial charge in [-0.1, -0.05) is 11.6 Å². The molecule has 1 atom stereocenters. The van der Waals surface area contributed by atoms with Crippen molar-refractivity contribution in [3.8, 4) is 11.5 Å². The van der Waals surface area contributed by atoms with Crippen molar-refractivity contribution in [2.24, 2.45) is 0 Å². The van der Waals surface area contributed by atoms with Gasteiger partial charge in [0.05, 0.1) is 19.8 Å². The van der Waals surface area contributed by atoms with E-state index in [-0.39, 0.29) is 6.04 Å². The highest BCUT2D eigenvalue weighted by molar-refractivity contribution is 14.1. The summed E-state index contributed by atoms with van der Waals surface area (Å²) in [5, 5.41) is 4.33. The van der Waals surface area contributed by atoms with E-state index in [2.05, 4.69) is 27.9 Å². The van der Waals surface area contributed by atoms with E-state index in [0.717, 1.165) is 37.8 Å². The molecule has 0 aromatic heterocycles. The molecule has 0 amide bonds. The molecule has 3 rings (SSSR count). The Bertz CT molecular complexity index is 663. The van der Waals surface area contributed by atoms with Crippen LogP contribution < -0.4 is 14.8 Å². The van der Waals surface area contributed by atoms with E-state index in [1.54, 1.807) is 7.11 Å². The fourth-order valence-electron chi connectivity index (χ4n) is 2.44. The first-order chi connectivity index (χ1) is 10.2. The minimum absolute atomic E-state index is 0.207. The molecule has 3 nitrogen and oxygen atoms in total. The molecule has 2 aromatic carbocycles. The molecular formula is C16H15ClINO2. The standard InChI is InChI=1S/C16H15ClINO2/c1-20-11-3-5-16-12(9-11)14(6-7-21-16)19-15-4-2-10(17)8-13(15)18/h2-5,8-9,14,19H,6-7H2,1H3. The van der Waals surface area contributed by atoms with Crippen LogP contribution in [-0.4, -0.2) is 13.7 Å². The van der Waals surface area contributed by atoms with E-state index in [4.69, 9.17) is 21.1 Å². The van der Waals surface area contributed by atoms with Crippen LogP contribution in [0, 0.1) is 3.57 Å². The number of methoxy groups -OCH3 is 1. The topological polar surface area (TPSA) is 30.5 Å². The first-order valence-electron chi connectivity index (χ1n) is 6.69. The quantitative estimate of drug-likeness (QED) is 0.724. The lowest BCUT2D eigenvalue weighted by Crippen LogP contribution is -2.20. The lowest BCUT2D eigenvalue weighted by molar-refractivity contribution is 0.273. The van der Waals surface area contributed by atoms with Crippen molar-refractivity contribution in [3.05, 3.63) is 50.6 Å². The second kappa shape index (κ2) is 6.32. The number of anilines is 1. The molecule has 2 aromatic rings. The van der Waals surface area contributed by atoms with Gasteiger partial charge in [-0.3, -0.25) is 0 Å². The molecule has 110 valence electrons. The number of hydrogen-bond acceptors (Lipinski definition) is 3. The molecule has 21 heavy (non-hydrogen) atoms. The summed E-state index contributed by atoms with van der Waals surface area (Å²) in [5.74, 6) is 1.76. The third-order valence-electron chi connectivity index (χ3n) is 3.52. The van der Waals surface area contributed by atoms with Gasteiger partial charge in [-0.25, -0.2) is 0 Å². The summed E-state index contributed by atoms with van der Waals surface area (Å²) in [5.41, 5.74) is 2.21. The molecule has 0 bridgehead atoms. The van der Waals surface area contributed by atoms with Crippen molar-refractivity contribution in [1.82, 2.24) is 0 Å². The Labute approximate surface area is 142 Å². The second-order valence-electron chi connectivity index (χ2n) is 4.86. The summed E-state index contributed by atoms with van der Waals surface area (Å²) in [6.45, 7) is 0.709. The number of rotatable bonds is 3. The van der Waals surface area contributed by atoms with Crippen LogP contribution in [0.1, 0.15) is 18.0 Å². The van der Waals surface area contributed by atoms with Gasteiger partial charge in [0.2, 0.25) is 0 Å². The molecule has 0 spiro atoms. The molecule has 0 saturated carbocycles. The number of benzene rings is 2. The fraction of sp³-hybridized carbons (Fsp3) is 0.250. The van der Waals surface area contributed by atoms with E-state index in [1.807, 2.05) is 36.4 Å². The second-order valence-corrected chi connectivity index (χ2v) is 6.46. The normalized spacial score (nSPS) is 16.8. The van der Waals surface area contributed by atoms with Gasteiger partial charge < -0.3 is 14.8 Å². The van der Waals surface area contributed by atoms with Crippen LogP contribution in [0.4, 0.5) is 5.69 Å². The van der Waals surface area contributed by atoms with Crippen LogP contribution in [-0.2, 0) is 0 Å². The zero-order valence-electron chi connectivity index (χ0n) is 11.5. The predicted octanol–water partition coefficient (Wildman–Crippen LogP) is 4.89. The summed E-state index contributed by atoms with van der Waals surface area (Å²) < 4.78 is 12.1. The zero-order valence-corrected chi connectivity index (χ0v) is 14.4. The molecule has 1 heterocycles. The van der Waals surface area contributed by atoms with E-state index in [1.165, 1.54) is 0 Å². The highest BCUT2D eigenvalue weighted by Gasteiger charge is 2.22. The smallest absolute Gasteiger partial charge is 0.124 e. The van der Waals surface area contributed by atoms with Gasteiger partial charge in [0.15, 0.2) is 0 Å². The van der Waals surface area contributed by atoms with E-state index in [9.17, 15) is 0 Å². The Morgan fingerprint density at radius 1 is 1.29 bits per heavy atom. The number of fused-ring (bicyclic) bond motifs is 1. The van der Waals surface area contributed by atoms with Gasteiger partial charge in [0.25, 0.3) is 0 Å². The van der Waals surface area contributed by atoms with Gasteiger partial charge in [0.1, 0.15) is 11.5 Å². The summed E-state index contributed by atoms with van der Waals surface area (Å²) in [7, 11) is 1.68. The Balaban J connectivity index is 1.90. The Hall–Kier alpha value is -1.14. The number of nitrogens with one attached hydrogen (secondary N) is 1. The molecule has 1 aliphatic rings. The van der Waals surface area contributed by atoms with Crippen molar-refractivity contribution < 1.29 is 9.47 Å². The highest BCUT2D eigenvalue weighted by atomic mass is 127. The lowest BCUT2D eigenvalue weighted by Gasteiger charge is -2.28. The van der Waals surface area contributed by atoms with Gasteiger partial charge in [0, 0.05) is 26.3 Å². The third-order valence-corrected chi connectivity index (χ3v) is 4.64. The van der Waals surface area contributed by atoms with Gasteiger partial charge >= 0.3 is 0 Å². The summed E-state index contributed by atoms with van der Waals surface area (Å²) in [6, 6.07) is 12.0. The molecular weight excluding hydrogens is 401 g/mol. The maximum atomic E-state index is 6.01. The maximum Gasteiger partial charge on any atom is 0.124 e. The number of halogens is 2. The van der Waals surface area contributed by atoms with Crippen LogP contribution in [0.3, 0.4) is 0 Å². The third kappa shape index (κ3) is 3.21. The average Bonchev–Trinajstić information content (AvgIpc) is 2.50. The lowest BCUT2D eigenvalue weighted by atomic mass is 10.00. The highest BCUT2D eigenvalue weighted by Crippen LogP contribution is 2.37. The molecule has 0 saturated heterocycles. The number of hydrogen-bond donors (Lipinski definition) is 1. The van der Waals surface area contributed by atoms with E-state index < -0.39 is 0 Å². The zero-order chi connectivity index (χ0) is 14.8. The maximum absolute atomic E-state index is 6.01. The van der Waals surface area contributed by atoms with Crippen molar-refractivity contribution in [2.75, 3.05) is 19.0 Å². The molecule has 0 fully saturated rings. The number of ether oxygens (including phenoxy) is 2. The van der Waals surface area contributed by atoms with Crippen LogP contribution >= 0.6 is 34.2 Å². The first-order valence-corrected chi connectivity index (χ1v) is 8.15. The van der Waals surface area contributed by atoms with Crippen LogP contribution in [0.15, 0.2) is 36.4 Å². The fourth-order valence-corrected chi connectivity index (χ4v) is 3.47. The molecule has 0 radical (unpaired) electrons. The summed E-state index contributed by atoms with van der Waals surface area (Å²) >= 11 is 8.30. The molecule has 1 N–H and O–H groups in total. The van der Waals surface area contributed by atoms with Gasteiger partial charge in [-0.05, 0) is 59.0 Å². The summed E-state index contributed by atoms with van der Waals surface area (Å²) in [4.78, 5) is 0. The molecule has 1 unspecified atom stereocenters. The molecule has 1 aliphatic heterocycles. The SMILES string of the molecule is COc1ccc2c(c1)C(Nc1ccc(Cl)cc1I)CCO2. The van der Waals surface area contributed by atoms with Gasteiger partial charge in [-0.15, -0.1) is 0 Å². The van der Waals surface area contributed by atoms with E-state index in [0.29, 0.717) is 6.61 Å². The Morgan fingerprint density at radius 2 is 2.14 bits per heavy atom. The van der Waals surface area contributed by atoms with Gasteiger partial charge in [-0.2, -0.15) is 0 Å². The minimum atomic E-state index is 0.207. The Kier molecular flexibility index (Phi) is 4.45. The van der Waals surface area contributed by atoms with Crippen molar-refractivity contribution in [3.63, 3.8) is 0 Å². The van der Waals surface area contributed by atoms with Crippen molar-refractivity contribution >= 4 is 39.9 Å². The first kappa shape index (κ1) is 14.8. The van der Waals surface area contributed by atoms with Crippen LogP contribution in [0.5, 0.6) is 11.5 Å². The monoisotopic (exact) mass is 415 g/mol. The Morgan fingerprint density at radius 3 is 2.90 bits per heavy atom. The van der Waals surface area contributed by atoms with Crippen molar-refractivity contribution in [1.29, 1.82) is 0 Å². The summed E-state index contributed by atoms with van der Waals surface area (Å²) in [6.07, 6.45) is 0.916. The average molecular weight is 416 g/mol. The largest absolute Gasteiger partial charge is 0.497 e. The van der Waals surface area contributed by atoms with Crippen molar-refractivity contribution in [2.45, 2.75) is 12.5 Å². The van der Waals surface area contributed by atoms with Crippen LogP contribution in [0.2, 0.25) is 5.02 Å². The minimum Gasteiger partial charge on any atom is -0.497 e. The molecule has 0 aliphatic carbocycles.